The van der Waals surface area contributed by atoms with Gasteiger partial charge in [0.1, 0.15) is 11.9 Å². The van der Waals surface area contributed by atoms with Crippen molar-refractivity contribution in [1.82, 2.24) is 5.32 Å². The van der Waals surface area contributed by atoms with Crippen LogP contribution in [0.4, 0.5) is 4.39 Å². The Balaban J connectivity index is 1.71. The quantitative estimate of drug-likeness (QED) is 0.870. The van der Waals surface area contributed by atoms with E-state index in [0.717, 1.165) is 0 Å². The van der Waals surface area contributed by atoms with E-state index in [1.54, 1.807) is 19.9 Å². The van der Waals surface area contributed by atoms with Crippen LogP contribution in [0, 0.1) is 23.1 Å². The molecule has 1 amide bonds. The lowest BCUT2D eigenvalue weighted by Gasteiger charge is -2.21. The van der Waals surface area contributed by atoms with E-state index >= 15 is 0 Å². The lowest BCUT2D eigenvalue weighted by Crippen LogP contribution is -2.38. The molecule has 1 heterocycles. The van der Waals surface area contributed by atoms with Crippen molar-refractivity contribution < 1.29 is 23.8 Å². The smallest absolute Gasteiger partial charge is 0.307 e. The van der Waals surface area contributed by atoms with Crippen LogP contribution < -0.4 is 5.32 Å². The van der Waals surface area contributed by atoms with Gasteiger partial charge in [-0.1, -0.05) is 31.5 Å². The first-order valence-electron chi connectivity index (χ1n) is 7.83. The molecule has 130 valence electrons. The zero-order valence-corrected chi connectivity index (χ0v) is 14.1. The predicted molar refractivity (Wildman–Crippen MR) is 85.0 cm³/mol. The summed E-state index contributed by atoms with van der Waals surface area (Å²) in [5, 5.41) is 12.1. The molecule has 7 heteroatoms. The van der Waals surface area contributed by atoms with Crippen LogP contribution in [-0.2, 0) is 14.3 Å². The van der Waals surface area contributed by atoms with E-state index in [2.05, 4.69) is 5.32 Å². The van der Waals surface area contributed by atoms with Crippen molar-refractivity contribution in [3.63, 3.8) is 0 Å². The highest BCUT2D eigenvalue weighted by Gasteiger charge is 2.66. The molecule has 3 rings (SSSR count). The normalized spacial score (nSPS) is 30.8. The van der Waals surface area contributed by atoms with Gasteiger partial charge >= 0.3 is 5.97 Å². The van der Waals surface area contributed by atoms with Crippen molar-refractivity contribution in [1.29, 1.82) is 0 Å². The molecule has 0 spiro atoms. The Labute approximate surface area is 144 Å². The van der Waals surface area contributed by atoms with Gasteiger partial charge in [-0.2, -0.15) is 0 Å². The van der Waals surface area contributed by atoms with Crippen LogP contribution in [0.5, 0.6) is 0 Å². The van der Waals surface area contributed by atoms with Crippen molar-refractivity contribution in [2.75, 3.05) is 6.61 Å². The molecule has 1 aromatic carbocycles. The van der Waals surface area contributed by atoms with Gasteiger partial charge in [-0.25, -0.2) is 4.39 Å². The number of halogens is 2. The summed E-state index contributed by atoms with van der Waals surface area (Å²) in [6.45, 7) is 3.98. The summed E-state index contributed by atoms with van der Waals surface area (Å²) in [7, 11) is 0. The average molecular weight is 356 g/mol. The van der Waals surface area contributed by atoms with E-state index < -0.39 is 35.1 Å². The van der Waals surface area contributed by atoms with Gasteiger partial charge in [0, 0.05) is 6.61 Å². The Morgan fingerprint density at radius 3 is 2.67 bits per heavy atom. The van der Waals surface area contributed by atoms with Gasteiger partial charge in [0.25, 0.3) is 0 Å². The number of benzene rings is 1. The van der Waals surface area contributed by atoms with Gasteiger partial charge in [-0.05, 0) is 29.5 Å². The minimum Gasteiger partial charge on any atom is -0.481 e. The van der Waals surface area contributed by atoms with Gasteiger partial charge in [0.15, 0.2) is 0 Å². The third-order valence-electron chi connectivity index (χ3n) is 5.07. The molecule has 1 aliphatic carbocycles. The number of carboxylic acid groups (broad SMARTS) is 1. The highest BCUT2D eigenvalue weighted by Crippen LogP contribution is 2.58. The van der Waals surface area contributed by atoms with E-state index in [-0.39, 0.29) is 17.0 Å². The lowest BCUT2D eigenvalue weighted by atomic mass is 10.0. The van der Waals surface area contributed by atoms with E-state index in [4.69, 9.17) is 16.3 Å². The summed E-state index contributed by atoms with van der Waals surface area (Å²) in [5.74, 6) is -3.02. The predicted octanol–water partition coefficient (Wildman–Crippen LogP) is 2.78. The molecule has 0 aromatic heterocycles. The van der Waals surface area contributed by atoms with Crippen LogP contribution in [0.2, 0.25) is 5.02 Å². The minimum atomic E-state index is -0.959. The van der Waals surface area contributed by atoms with Crippen LogP contribution in [-0.4, -0.2) is 29.6 Å². The molecule has 4 atom stereocenters. The number of amides is 1. The van der Waals surface area contributed by atoms with E-state index in [9.17, 15) is 19.1 Å². The summed E-state index contributed by atoms with van der Waals surface area (Å²) in [4.78, 5) is 23.7. The number of rotatable bonds is 4. The fourth-order valence-corrected chi connectivity index (χ4v) is 3.73. The largest absolute Gasteiger partial charge is 0.481 e. The van der Waals surface area contributed by atoms with Crippen LogP contribution in [0.3, 0.4) is 0 Å². The van der Waals surface area contributed by atoms with Crippen LogP contribution in [0.15, 0.2) is 18.2 Å². The monoisotopic (exact) mass is 355 g/mol. The first kappa shape index (κ1) is 17.2. The number of nitrogens with one attached hydrogen (secondary N) is 1. The number of hydrogen-bond donors (Lipinski definition) is 2. The lowest BCUT2D eigenvalue weighted by molar-refractivity contribution is -0.140. The molecule has 2 unspecified atom stereocenters. The molecule has 2 fully saturated rings. The Bertz CT molecular complexity index is 693. The maximum Gasteiger partial charge on any atom is 0.307 e. The standard InChI is InChI=1S/C17H19ClFNO4/c1-17(2)12(13(17)16(22)23)15(21)20-11-5-6-24-14(11)8-3-4-9(18)10(19)7-8/h3-4,7,11-14H,5-6H2,1-2H3,(H,20,21)(H,22,23)/t11?,12-,13+,14?/m1/s1. The summed E-state index contributed by atoms with van der Waals surface area (Å²) < 4.78 is 19.3. The van der Waals surface area contributed by atoms with Crippen LogP contribution >= 0.6 is 11.6 Å². The number of ether oxygens (including phenoxy) is 1. The topological polar surface area (TPSA) is 75.6 Å². The first-order chi connectivity index (χ1) is 11.2. The van der Waals surface area contributed by atoms with Gasteiger partial charge in [-0.15, -0.1) is 0 Å². The molecule has 24 heavy (non-hydrogen) atoms. The number of carbonyl (C=O) groups is 2. The van der Waals surface area contributed by atoms with E-state index in [0.29, 0.717) is 18.6 Å². The Kier molecular flexibility index (Phi) is 4.30. The van der Waals surface area contributed by atoms with Gasteiger partial charge in [-0.3, -0.25) is 9.59 Å². The molecule has 2 aliphatic rings. The maximum atomic E-state index is 13.7. The molecular formula is C17H19ClFNO4. The van der Waals surface area contributed by atoms with Crippen molar-refractivity contribution in [2.45, 2.75) is 32.4 Å². The summed E-state index contributed by atoms with van der Waals surface area (Å²) >= 11 is 5.69. The van der Waals surface area contributed by atoms with E-state index in [1.807, 2.05) is 0 Å². The number of aliphatic carboxylic acids is 1. The van der Waals surface area contributed by atoms with Crippen molar-refractivity contribution >= 4 is 23.5 Å². The van der Waals surface area contributed by atoms with Crippen LogP contribution in [0.25, 0.3) is 0 Å². The first-order valence-corrected chi connectivity index (χ1v) is 8.21. The fraction of sp³-hybridized carbons (Fsp3) is 0.529. The highest BCUT2D eigenvalue weighted by atomic mass is 35.5. The van der Waals surface area contributed by atoms with Crippen molar-refractivity contribution in [2.24, 2.45) is 17.3 Å². The number of hydrogen-bond acceptors (Lipinski definition) is 3. The SMILES string of the molecule is CC1(C)[C@H](C(=O)O)[C@@H]1C(=O)NC1CCOC1c1ccc(Cl)c(F)c1. The second kappa shape index (κ2) is 6.01. The van der Waals surface area contributed by atoms with Crippen molar-refractivity contribution in [3.8, 4) is 0 Å². The Morgan fingerprint density at radius 2 is 2.08 bits per heavy atom. The van der Waals surface area contributed by atoms with Gasteiger partial charge in [0.2, 0.25) is 5.91 Å². The van der Waals surface area contributed by atoms with Crippen molar-refractivity contribution in [3.05, 3.63) is 34.6 Å². The zero-order valence-electron chi connectivity index (χ0n) is 13.4. The van der Waals surface area contributed by atoms with Gasteiger partial charge in [0.05, 0.1) is 22.9 Å². The highest BCUT2D eigenvalue weighted by molar-refractivity contribution is 6.30. The number of carbonyl (C=O) groups excluding carboxylic acids is 1. The molecule has 1 saturated heterocycles. The third-order valence-corrected chi connectivity index (χ3v) is 5.37. The van der Waals surface area contributed by atoms with Crippen LogP contribution in [0.1, 0.15) is 31.9 Å². The minimum absolute atomic E-state index is 0.0290. The molecule has 1 aliphatic heterocycles. The molecule has 0 radical (unpaired) electrons. The summed E-state index contributed by atoms with van der Waals surface area (Å²) in [6.07, 6.45) is 0.122. The molecular weight excluding hydrogens is 337 g/mol. The second-order valence-electron chi connectivity index (χ2n) is 6.98. The molecule has 1 saturated carbocycles. The molecule has 0 bridgehead atoms. The second-order valence-corrected chi connectivity index (χ2v) is 7.39. The Morgan fingerprint density at radius 1 is 1.38 bits per heavy atom. The number of carboxylic acids is 1. The summed E-state index contributed by atoms with van der Waals surface area (Å²) in [5.41, 5.74) is 0.0431. The molecule has 2 N–H and O–H groups in total. The van der Waals surface area contributed by atoms with E-state index in [1.165, 1.54) is 12.1 Å². The molecule has 5 nitrogen and oxygen atoms in total. The average Bonchev–Trinajstić information content (AvgIpc) is 2.85. The fourth-order valence-electron chi connectivity index (χ4n) is 3.62. The molecule has 1 aromatic rings. The Hall–Kier alpha value is -1.66. The summed E-state index contributed by atoms with van der Waals surface area (Å²) in [6, 6.07) is 4.11. The zero-order chi connectivity index (χ0) is 17.6. The third kappa shape index (κ3) is 2.89. The maximum absolute atomic E-state index is 13.7. The van der Waals surface area contributed by atoms with Gasteiger partial charge < -0.3 is 15.2 Å².